The number of benzene rings is 1. The molecule has 0 heterocycles. The van der Waals surface area contributed by atoms with E-state index in [2.05, 4.69) is 27.5 Å². The predicted molar refractivity (Wildman–Crippen MR) is 82.0 cm³/mol. The first-order chi connectivity index (χ1) is 9.15. The fourth-order valence-corrected chi connectivity index (χ4v) is 3.59. The van der Waals surface area contributed by atoms with Gasteiger partial charge in [-0.2, -0.15) is 17.0 Å². The molecule has 102 valence electrons. The van der Waals surface area contributed by atoms with Crippen molar-refractivity contribution in [1.29, 1.82) is 5.26 Å². The normalized spacial score (nSPS) is 22.8. The highest BCUT2D eigenvalue weighted by molar-refractivity contribution is 9.10. The van der Waals surface area contributed by atoms with E-state index < -0.39 is 0 Å². The highest BCUT2D eigenvalue weighted by Gasteiger charge is 2.21. The fourth-order valence-electron chi connectivity index (χ4n) is 2.41. The molecule has 0 aromatic heterocycles. The summed E-state index contributed by atoms with van der Waals surface area (Å²) in [5, 5.41) is 12.9. The van der Waals surface area contributed by atoms with Crippen LogP contribution in [0, 0.1) is 17.1 Å². The van der Waals surface area contributed by atoms with Crippen LogP contribution in [0.25, 0.3) is 0 Å². The summed E-state index contributed by atoms with van der Waals surface area (Å²) in [7, 11) is 0. The first-order valence-electron chi connectivity index (χ1n) is 6.33. The van der Waals surface area contributed by atoms with Crippen LogP contribution in [-0.2, 0) is 0 Å². The third kappa shape index (κ3) is 3.43. The van der Waals surface area contributed by atoms with Crippen molar-refractivity contribution in [2.45, 2.75) is 37.0 Å². The Labute approximate surface area is 125 Å². The van der Waals surface area contributed by atoms with E-state index in [1.807, 2.05) is 17.8 Å². The molecule has 2 rings (SSSR count). The number of nitrogens with zero attached hydrogens (tertiary/aromatic N) is 1. The lowest BCUT2D eigenvalue weighted by Crippen LogP contribution is -2.27. The standard InChI is InChI=1S/C14H16BrFN2S/c1-19-11-5-3-10(4-6-11)18-12-7-2-9(8-17)13(15)14(12)16/h2,7,10-11,18H,3-6H2,1H3. The summed E-state index contributed by atoms with van der Waals surface area (Å²) in [6.07, 6.45) is 6.65. The smallest absolute Gasteiger partial charge is 0.161 e. The first-order valence-corrected chi connectivity index (χ1v) is 8.41. The zero-order chi connectivity index (χ0) is 13.8. The minimum absolute atomic E-state index is 0.248. The largest absolute Gasteiger partial charge is 0.380 e. The molecular weight excluding hydrogens is 327 g/mol. The average molecular weight is 343 g/mol. The van der Waals surface area contributed by atoms with Crippen molar-refractivity contribution >= 4 is 33.4 Å². The number of thioether (sulfide) groups is 1. The molecule has 0 saturated heterocycles. The summed E-state index contributed by atoms with van der Waals surface area (Å²) in [5.41, 5.74) is 0.813. The highest BCUT2D eigenvalue weighted by Crippen LogP contribution is 2.31. The number of nitriles is 1. The highest BCUT2D eigenvalue weighted by atomic mass is 79.9. The third-order valence-electron chi connectivity index (χ3n) is 3.57. The maximum Gasteiger partial charge on any atom is 0.161 e. The van der Waals surface area contributed by atoms with E-state index in [0.29, 0.717) is 17.3 Å². The molecule has 5 heteroatoms. The van der Waals surface area contributed by atoms with Crippen LogP contribution in [0.1, 0.15) is 31.2 Å². The van der Waals surface area contributed by atoms with Crippen LogP contribution in [0.15, 0.2) is 16.6 Å². The fraction of sp³-hybridized carbons (Fsp3) is 0.500. The number of halogens is 2. The zero-order valence-corrected chi connectivity index (χ0v) is 13.2. The maximum absolute atomic E-state index is 14.1. The summed E-state index contributed by atoms with van der Waals surface area (Å²) in [6.45, 7) is 0. The van der Waals surface area contributed by atoms with E-state index in [1.54, 1.807) is 12.1 Å². The summed E-state index contributed by atoms with van der Waals surface area (Å²) >= 11 is 5.06. The topological polar surface area (TPSA) is 35.8 Å². The molecule has 1 aliphatic carbocycles. The zero-order valence-electron chi connectivity index (χ0n) is 10.7. The van der Waals surface area contributed by atoms with E-state index in [-0.39, 0.29) is 10.3 Å². The maximum atomic E-state index is 14.1. The molecule has 1 N–H and O–H groups in total. The van der Waals surface area contributed by atoms with E-state index in [4.69, 9.17) is 5.26 Å². The average Bonchev–Trinajstić information content (AvgIpc) is 2.45. The Morgan fingerprint density at radius 2 is 2.05 bits per heavy atom. The Hall–Kier alpha value is -0.730. The van der Waals surface area contributed by atoms with Crippen molar-refractivity contribution in [3.63, 3.8) is 0 Å². The summed E-state index contributed by atoms with van der Waals surface area (Å²) < 4.78 is 14.3. The molecule has 0 amide bonds. The van der Waals surface area contributed by atoms with Crippen molar-refractivity contribution in [3.05, 3.63) is 28.0 Å². The van der Waals surface area contributed by atoms with Gasteiger partial charge in [-0.25, -0.2) is 4.39 Å². The van der Waals surface area contributed by atoms with Gasteiger partial charge < -0.3 is 5.32 Å². The lowest BCUT2D eigenvalue weighted by atomic mass is 9.94. The molecule has 1 aliphatic rings. The van der Waals surface area contributed by atoms with Crippen molar-refractivity contribution < 1.29 is 4.39 Å². The predicted octanol–water partition coefficient (Wildman–Crippen LogP) is 4.55. The summed E-state index contributed by atoms with van der Waals surface area (Å²) in [5.74, 6) is -0.369. The van der Waals surface area contributed by atoms with E-state index in [0.717, 1.165) is 18.1 Å². The van der Waals surface area contributed by atoms with Crippen molar-refractivity contribution in [1.82, 2.24) is 0 Å². The second kappa shape index (κ2) is 6.62. The van der Waals surface area contributed by atoms with Gasteiger partial charge in [0.05, 0.1) is 15.7 Å². The Balaban J connectivity index is 2.05. The van der Waals surface area contributed by atoms with Gasteiger partial charge in [-0.1, -0.05) is 0 Å². The van der Waals surface area contributed by atoms with Gasteiger partial charge in [0.2, 0.25) is 0 Å². The number of nitrogens with one attached hydrogen (secondary N) is 1. The molecule has 1 aromatic rings. The lowest BCUT2D eigenvalue weighted by molar-refractivity contribution is 0.470. The number of anilines is 1. The summed E-state index contributed by atoms with van der Waals surface area (Å²) in [4.78, 5) is 0. The monoisotopic (exact) mass is 342 g/mol. The minimum atomic E-state index is -0.369. The lowest BCUT2D eigenvalue weighted by Gasteiger charge is -2.29. The Kier molecular flexibility index (Phi) is 5.12. The first kappa shape index (κ1) is 14.7. The molecule has 0 radical (unpaired) electrons. The number of rotatable bonds is 3. The molecule has 1 saturated carbocycles. The van der Waals surface area contributed by atoms with Crippen LogP contribution in [-0.4, -0.2) is 17.5 Å². The SMILES string of the molecule is CSC1CCC(Nc2ccc(C#N)c(Br)c2F)CC1. The molecule has 0 unspecified atom stereocenters. The summed E-state index contributed by atoms with van der Waals surface area (Å²) in [6, 6.07) is 5.59. The van der Waals surface area contributed by atoms with Crippen molar-refractivity contribution in [2.75, 3.05) is 11.6 Å². The number of hydrogen-bond acceptors (Lipinski definition) is 3. The van der Waals surface area contributed by atoms with Crippen molar-refractivity contribution in [3.8, 4) is 6.07 Å². The molecular formula is C14H16BrFN2S. The second-order valence-corrected chi connectivity index (χ2v) is 6.69. The van der Waals surface area contributed by atoms with Gasteiger partial charge in [-0.3, -0.25) is 0 Å². The second-order valence-electron chi connectivity index (χ2n) is 4.75. The Morgan fingerprint density at radius 1 is 1.37 bits per heavy atom. The van der Waals surface area contributed by atoms with Gasteiger partial charge in [0, 0.05) is 11.3 Å². The molecule has 1 aromatic carbocycles. The molecule has 0 atom stereocenters. The van der Waals surface area contributed by atoms with Gasteiger partial charge in [0.25, 0.3) is 0 Å². The Bertz CT molecular complexity index is 493. The molecule has 2 nitrogen and oxygen atoms in total. The van der Waals surface area contributed by atoms with Gasteiger partial charge in [-0.05, 0) is 60.0 Å². The van der Waals surface area contributed by atoms with Crippen LogP contribution >= 0.6 is 27.7 Å². The molecule has 1 fully saturated rings. The van der Waals surface area contributed by atoms with Gasteiger partial charge in [-0.15, -0.1) is 0 Å². The van der Waals surface area contributed by atoms with Gasteiger partial charge in [0.15, 0.2) is 5.82 Å². The molecule has 0 spiro atoms. The quantitative estimate of drug-likeness (QED) is 0.875. The van der Waals surface area contributed by atoms with E-state index in [9.17, 15) is 4.39 Å². The molecule has 0 bridgehead atoms. The molecule has 19 heavy (non-hydrogen) atoms. The van der Waals surface area contributed by atoms with E-state index in [1.165, 1.54) is 12.8 Å². The minimum Gasteiger partial charge on any atom is -0.380 e. The van der Waals surface area contributed by atoms with E-state index >= 15 is 0 Å². The number of hydrogen-bond donors (Lipinski definition) is 1. The van der Waals surface area contributed by atoms with Crippen LogP contribution in [0.2, 0.25) is 0 Å². The third-order valence-corrected chi connectivity index (χ3v) is 5.48. The van der Waals surface area contributed by atoms with Gasteiger partial charge in [0.1, 0.15) is 6.07 Å². The van der Waals surface area contributed by atoms with Crippen LogP contribution in [0.5, 0.6) is 0 Å². The van der Waals surface area contributed by atoms with Gasteiger partial charge >= 0.3 is 0 Å². The van der Waals surface area contributed by atoms with Crippen molar-refractivity contribution in [2.24, 2.45) is 0 Å². The molecule has 0 aliphatic heterocycles. The van der Waals surface area contributed by atoms with Crippen LogP contribution < -0.4 is 5.32 Å². The Morgan fingerprint density at radius 3 is 2.63 bits per heavy atom. The van der Waals surface area contributed by atoms with Crippen LogP contribution in [0.4, 0.5) is 10.1 Å². The van der Waals surface area contributed by atoms with Crippen LogP contribution in [0.3, 0.4) is 0 Å².